The number of nitrogens with zero attached hydrogens (tertiary/aromatic N) is 3. The Morgan fingerprint density at radius 2 is 2.05 bits per heavy atom. The first kappa shape index (κ1) is 14.3. The highest BCUT2D eigenvalue weighted by atomic mass is 32.2. The SMILES string of the molecule is O=C(O)CSc1nnc(-c2cccs2)n1Cc1cccs1. The Bertz CT molecular complexity index is 720. The lowest BCUT2D eigenvalue weighted by molar-refractivity contribution is -0.133. The van der Waals surface area contributed by atoms with Gasteiger partial charge in [0.1, 0.15) is 0 Å². The van der Waals surface area contributed by atoms with E-state index < -0.39 is 5.97 Å². The molecule has 0 radical (unpaired) electrons. The first-order valence-corrected chi connectivity index (χ1v) is 8.82. The van der Waals surface area contributed by atoms with Crippen molar-refractivity contribution in [3.8, 4) is 10.7 Å². The molecule has 0 spiro atoms. The summed E-state index contributed by atoms with van der Waals surface area (Å²) in [4.78, 5) is 13.0. The molecule has 0 unspecified atom stereocenters. The van der Waals surface area contributed by atoms with Gasteiger partial charge in [0.05, 0.1) is 17.2 Å². The van der Waals surface area contributed by atoms with Crippen LogP contribution in [0.5, 0.6) is 0 Å². The van der Waals surface area contributed by atoms with Crippen LogP contribution in [0.15, 0.2) is 40.2 Å². The van der Waals surface area contributed by atoms with Gasteiger partial charge in [-0.25, -0.2) is 0 Å². The van der Waals surface area contributed by atoms with E-state index in [1.165, 1.54) is 16.6 Å². The van der Waals surface area contributed by atoms with Crippen molar-refractivity contribution in [3.63, 3.8) is 0 Å². The number of carboxylic acid groups (broad SMARTS) is 1. The average Bonchev–Trinajstić information content (AvgIpc) is 3.18. The number of thioether (sulfide) groups is 1. The van der Waals surface area contributed by atoms with E-state index in [4.69, 9.17) is 5.11 Å². The second kappa shape index (κ2) is 6.42. The van der Waals surface area contributed by atoms with E-state index in [1.54, 1.807) is 22.7 Å². The van der Waals surface area contributed by atoms with Crippen LogP contribution in [0.25, 0.3) is 10.7 Å². The third kappa shape index (κ3) is 3.34. The lowest BCUT2D eigenvalue weighted by atomic mass is 10.4. The van der Waals surface area contributed by atoms with Crippen molar-refractivity contribution in [2.24, 2.45) is 0 Å². The number of carbonyl (C=O) groups is 1. The standard InChI is InChI=1S/C13H11N3O2S3/c17-11(18)8-21-13-15-14-12(10-4-2-6-20-10)16(13)7-9-3-1-5-19-9/h1-6H,7-8H2,(H,17,18). The van der Waals surface area contributed by atoms with E-state index in [-0.39, 0.29) is 5.75 Å². The van der Waals surface area contributed by atoms with Gasteiger partial charge in [-0.1, -0.05) is 23.9 Å². The van der Waals surface area contributed by atoms with Crippen LogP contribution in [0, 0.1) is 0 Å². The minimum Gasteiger partial charge on any atom is -0.481 e. The topological polar surface area (TPSA) is 68.0 Å². The highest BCUT2D eigenvalue weighted by Gasteiger charge is 2.16. The number of carboxylic acids is 1. The van der Waals surface area contributed by atoms with Gasteiger partial charge in [0, 0.05) is 4.88 Å². The fraction of sp³-hybridized carbons (Fsp3) is 0.154. The largest absolute Gasteiger partial charge is 0.481 e. The molecule has 0 aromatic carbocycles. The molecule has 3 aromatic heterocycles. The molecule has 0 saturated heterocycles. The van der Waals surface area contributed by atoms with Gasteiger partial charge in [-0.15, -0.1) is 32.9 Å². The number of hydrogen-bond acceptors (Lipinski definition) is 6. The van der Waals surface area contributed by atoms with E-state index >= 15 is 0 Å². The van der Waals surface area contributed by atoms with Crippen molar-refractivity contribution in [1.29, 1.82) is 0 Å². The van der Waals surface area contributed by atoms with Gasteiger partial charge in [-0.05, 0) is 22.9 Å². The third-order valence-corrected chi connectivity index (χ3v) is 5.36. The van der Waals surface area contributed by atoms with Gasteiger partial charge >= 0.3 is 5.97 Å². The maximum atomic E-state index is 10.8. The number of aromatic nitrogens is 3. The van der Waals surface area contributed by atoms with E-state index in [2.05, 4.69) is 16.3 Å². The molecule has 0 amide bonds. The van der Waals surface area contributed by atoms with Crippen LogP contribution in [-0.2, 0) is 11.3 Å². The van der Waals surface area contributed by atoms with Gasteiger partial charge in [0.25, 0.3) is 0 Å². The molecule has 0 aliphatic carbocycles. The molecular weight excluding hydrogens is 326 g/mol. The molecule has 21 heavy (non-hydrogen) atoms. The third-order valence-electron chi connectivity index (χ3n) is 2.68. The predicted octanol–water partition coefficient (Wildman–Crippen LogP) is 3.29. The summed E-state index contributed by atoms with van der Waals surface area (Å²) in [6.07, 6.45) is 0. The van der Waals surface area contributed by atoms with Crippen molar-refractivity contribution in [2.45, 2.75) is 11.7 Å². The average molecular weight is 337 g/mol. The Morgan fingerprint density at radius 3 is 2.71 bits per heavy atom. The molecule has 3 rings (SSSR count). The summed E-state index contributed by atoms with van der Waals surface area (Å²) in [6.45, 7) is 0.653. The number of thiophene rings is 2. The molecule has 108 valence electrons. The lowest BCUT2D eigenvalue weighted by Crippen LogP contribution is -2.05. The molecule has 1 N–H and O–H groups in total. The first-order chi connectivity index (χ1) is 10.2. The van der Waals surface area contributed by atoms with E-state index in [0.717, 1.165) is 10.7 Å². The summed E-state index contributed by atoms with van der Waals surface area (Å²) >= 11 is 4.45. The van der Waals surface area contributed by atoms with Crippen LogP contribution in [0.2, 0.25) is 0 Å². The molecule has 0 aliphatic heterocycles. The molecule has 3 heterocycles. The Labute approximate surface area is 133 Å². The van der Waals surface area contributed by atoms with E-state index in [1.807, 2.05) is 33.5 Å². The van der Waals surface area contributed by atoms with Crippen LogP contribution in [0.4, 0.5) is 0 Å². The van der Waals surface area contributed by atoms with Crippen molar-refractivity contribution < 1.29 is 9.90 Å². The van der Waals surface area contributed by atoms with Crippen LogP contribution in [-0.4, -0.2) is 31.6 Å². The molecule has 0 saturated carbocycles. The summed E-state index contributed by atoms with van der Waals surface area (Å²) in [6, 6.07) is 8.01. The predicted molar refractivity (Wildman–Crippen MR) is 85.1 cm³/mol. The molecule has 3 aromatic rings. The highest BCUT2D eigenvalue weighted by molar-refractivity contribution is 7.99. The fourth-order valence-corrected chi connectivity index (χ4v) is 3.88. The maximum Gasteiger partial charge on any atom is 0.313 e. The van der Waals surface area contributed by atoms with Crippen molar-refractivity contribution in [3.05, 3.63) is 39.9 Å². The Hall–Kier alpha value is -1.64. The zero-order valence-corrected chi connectivity index (χ0v) is 13.2. The Morgan fingerprint density at radius 1 is 1.24 bits per heavy atom. The van der Waals surface area contributed by atoms with E-state index in [0.29, 0.717) is 11.7 Å². The molecular formula is C13H11N3O2S3. The Balaban J connectivity index is 1.94. The van der Waals surface area contributed by atoms with Crippen LogP contribution < -0.4 is 0 Å². The van der Waals surface area contributed by atoms with Gasteiger partial charge in [-0.2, -0.15) is 0 Å². The van der Waals surface area contributed by atoms with Gasteiger partial charge in [0.15, 0.2) is 11.0 Å². The molecule has 0 bridgehead atoms. The minimum atomic E-state index is -0.858. The second-order valence-electron chi connectivity index (χ2n) is 4.13. The van der Waals surface area contributed by atoms with Gasteiger partial charge < -0.3 is 5.11 Å². The van der Waals surface area contributed by atoms with Crippen molar-refractivity contribution >= 4 is 40.4 Å². The highest BCUT2D eigenvalue weighted by Crippen LogP contribution is 2.28. The number of aliphatic carboxylic acids is 1. The normalized spacial score (nSPS) is 10.9. The first-order valence-electron chi connectivity index (χ1n) is 6.08. The molecule has 5 nitrogen and oxygen atoms in total. The van der Waals surface area contributed by atoms with E-state index in [9.17, 15) is 4.79 Å². The van der Waals surface area contributed by atoms with Crippen molar-refractivity contribution in [1.82, 2.24) is 14.8 Å². The van der Waals surface area contributed by atoms with Gasteiger partial charge in [0.2, 0.25) is 0 Å². The molecule has 0 fully saturated rings. The van der Waals surface area contributed by atoms with Crippen LogP contribution >= 0.6 is 34.4 Å². The van der Waals surface area contributed by atoms with Gasteiger partial charge in [-0.3, -0.25) is 9.36 Å². The summed E-state index contributed by atoms with van der Waals surface area (Å²) in [5.41, 5.74) is 0. The number of rotatable bonds is 6. The second-order valence-corrected chi connectivity index (χ2v) is 7.05. The quantitative estimate of drug-likeness (QED) is 0.699. The number of hydrogen-bond donors (Lipinski definition) is 1. The fourth-order valence-electron chi connectivity index (χ4n) is 1.81. The summed E-state index contributed by atoms with van der Waals surface area (Å²) < 4.78 is 1.98. The van der Waals surface area contributed by atoms with Crippen LogP contribution in [0.3, 0.4) is 0 Å². The molecule has 8 heteroatoms. The summed E-state index contributed by atoms with van der Waals surface area (Å²) in [7, 11) is 0. The molecule has 0 atom stereocenters. The zero-order chi connectivity index (χ0) is 14.7. The summed E-state index contributed by atoms with van der Waals surface area (Å²) in [5.74, 6) is -0.0952. The van der Waals surface area contributed by atoms with Crippen molar-refractivity contribution in [2.75, 3.05) is 5.75 Å². The summed E-state index contributed by atoms with van der Waals surface area (Å²) in [5, 5.41) is 21.9. The molecule has 0 aliphatic rings. The maximum absolute atomic E-state index is 10.8. The minimum absolute atomic E-state index is 0.0208. The Kier molecular flexibility index (Phi) is 4.37. The lowest BCUT2D eigenvalue weighted by Gasteiger charge is -2.07. The smallest absolute Gasteiger partial charge is 0.313 e. The zero-order valence-electron chi connectivity index (χ0n) is 10.8. The monoisotopic (exact) mass is 337 g/mol. The van der Waals surface area contributed by atoms with Crippen LogP contribution in [0.1, 0.15) is 4.88 Å².